The van der Waals surface area contributed by atoms with Gasteiger partial charge in [0.15, 0.2) is 0 Å². The van der Waals surface area contributed by atoms with Gasteiger partial charge in [-0.3, -0.25) is 0 Å². The second kappa shape index (κ2) is 6.36. The van der Waals surface area contributed by atoms with Gasteiger partial charge in [0.05, 0.1) is 6.61 Å². The van der Waals surface area contributed by atoms with E-state index in [0.29, 0.717) is 12.6 Å². The van der Waals surface area contributed by atoms with Gasteiger partial charge >= 0.3 is 0 Å². The number of aliphatic hydroxyl groups excluding tert-OH is 1. The van der Waals surface area contributed by atoms with E-state index in [1.165, 1.54) is 32.2 Å². The second-order valence-electron chi connectivity index (χ2n) is 6.76. The zero-order valence-corrected chi connectivity index (χ0v) is 12.1. The molecule has 1 saturated heterocycles. The monoisotopic (exact) mass is 254 g/mol. The summed E-state index contributed by atoms with van der Waals surface area (Å²) in [6, 6.07) is 0.661. The quantitative estimate of drug-likeness (QED) is 0.788. The molecule has 0 bridgehead atoms. The standard InChI is InChI=1S/C15H30N2O/c1-13(2)11-17-9-7-15(12-18,8-10-17)16-14-5-3-4-6-14/h13-14,16,18H,3-12H2,1-2H3. The van der Waals surface area contributed by atoms with Crippen molar-refractivity contribution in [3.05, 3.63) is 0 Å². The first-order valence-electron chi connectivity index (χ1n) is 7.74. The van der Waals surface area contributed by atoms with Crippen LogP contribution in [0.2, 0.25) is 0 Å². The Morgan fingerprint density at radius 2 is 1.83 bits per heavy atom. The first-order chi connectivity index (χ1) is 8.63. The van der Waals surface area contributed by atoms with Crippen molar-refractivity contribution in [3.63, 3.8) is 0 Å². The minimum absolute atomic E-state index is 0.0164. The van der Waals surface area contributed by atoms with Crippen LogP contribution in [0.15, 0.2) is 0 Å². The molecule has 2 fully saturated rings. The molecule has 18 heavy (non-hydrogen) atoms. The van der Waals surface area contributed by atoms with Gasteiger partial charge in [0.2, 0.25) is 0 Å². The van der Waals surface area contributed by atoms with Crippen LogP contribution in [0.5, 0.6) is 0 Å². The fourth-order valence-electron chi connectivity index (χ4n) is 3.53. The highest BCUT2D eigenvalue weighted by molar-refractivity contribution is 4.96. The normalized spacial score (nSPS) is 26.0. The third-order valence-electron chi connectivity index (χ3n) is 4.60. The number of rotatable bonds is 5. The highest BCUT2D eigenvalue weighted by Crippen LogP contribution is 2.27. The molecule has 2 rings (SSSR count). The van der Waals surface area contributed by atoms with Crippen LogP contribution in [0.25, 0.3) is 0 Å². The first kappa shape index (κ1) is 14.3. The van der Waals surface area contributed by atoms with Crippen LogP contribution >= 0.6 is 0 Å². The van der Waals surface area contributed by atoms with E-state index in [1.54, 1.807) is 0 Å². The van der Waals surface area contributed by atoms with E-state index in [9.17, 15) is 5.11 Å². The van der Waals surface area contributed by atoms with E-state index in [4.69, 9.17) is 0 Å². The molecule has 1 heterocycles. The fraction of sp³-hybridized carbons (Fsp3) is 1.00. The Labute approximate surface area is 112 Å². The topological polar surface area (TPSA) is 35.5 Å². The summed E-state index contributed by atoms with van der Waals surface area (Å²) in [4.78, 5) is 2.55. The van der Waals surface area contributed by atoms with Gasteiger partial charge < -0.3 is 15.3 Å². The van der Waals surface area contributed by atoms with Gasteiger partial charge in [-0.15, -0.1) is 0 Å². The highest BCUT2D eigenvalue weighted by atomic mass is 16.3. The summed E-state index contributed by atoms with van der Waals surface area (Å²) in [6.45, 7) is 8.34. The van der Waals surface area contributed by atoms with Crippen molar-refractivity contribution in [3.8, 4) is 0 Å². The molecule has 1 aliphatic carbocycles. The summed E-state index contributed by atoms with van der Waals surface area (Å²) in [5.74, 6) is 0.745. The van der Waals surface area contributed by atoms with Crippen LogP contribution in [-0.4, -0.2) is 47.8 Å². The number of hydrogen-bond donors (Lipinski definition) is 2. The molecule has 0 amide bonds. The summed E-state index contributed by atoms with van der Waals surface area (Å²) in [6.07, 6.45) is 7.53. The number of hydrogen-bond acceptors (Lipinski definition) is 3. The third-order valence-corrected chi connectivity index (χ3v) is 4.60. The summed E-state index contributed by atoms with van der Waals surface area (Å²) in [5.41, 5.74) is 0.0164. The van der Waals surface area contributed by atoms with Crippen LogP contribution in [0.4, 0.5) is 0 Å². The lowest BCUT2D eigenvalue weighted by Crippen LogP contribution is -2.58. The Morgan fingerprint density at radius 3 is 2.33 bits per heavy atom. The molecule has 2 N–H and O–H groups in total. The van der Waals surface area contributed by atoms with Crippen molar-refractivity contribution in [2.45, 2.75) is 64.0 Å². The fourth-order valence-corrected chi connectivity index (χ4v) is 3.53. The smallest absolute Gasteiger partial charge is 0.0614 e. The number of likely N-dealkylation sites (tertiary alicyclic amines) is 1. The molecule has 0 aromatic rings. The zero-order valence-electron chi connectivity index (χ0n) is 12.1. The lowest BCUT2D eigenvalue weighted by Gasteiger charge is -2.43. The van der Waals surface area contributed by atoms with Gasteiger partial charge in [-0.05, 0) is 44.7 Å². The minimum Gasteiger partial charge on any atom is -0.394 e. The summed E-state index contributed by atoms with van der Waals surface area (Å²) >= 11 is 0. The van der Waals surface area contributed by atoms with Gasteiger partial charge in [-0.2, -0.15) is 0 Å². The molecule has 0 aromatic heterocycles. The van der Waals surface area contributed by atoms with Crippen molar-refractivity contribution in [2.24, 2.45) is 5.92 Å². The van der Waals surface area contributed by atoms with Crippen LogP contribution in [0, 0.1) is 5.92 Å². The van der Waals surface area contributed by atoms with E-state index in [-0.39, 0.29) is 5.54 Å². The molecular weight excluding hydrogens is 224 g/mol. The SMILES string of the molecule is CC(C)CN1CCC(CO)(NC2CCCC2)CC1. The number of piperidine rings is 1. The number of aliphatic hydroxyl groups is 1. The van der Waals surface area contributed by atoms with Crippen molar-refractivity contribution < 1.29 is 5.11 Å². The van der Waals surface area contributed by atoms with Crippen molar-refractivity contribution >= 4 is 0 Å². The van der Waals surface area contributed by atoms with Crippen LogP contribution < -0.4 is 5.32 Å². The Kier molecular flexibility index (Phi) is 5.05. The zero-order chi connectivity index (χ0) is 13.0. The largest absolute Gasteiger partial charge is 0.394 e. The maximum absolute atomic E-state index is 9.79. The molecule has 3 heteroatoms. The Hall–Kier alpha value is -0.120. The molecular formula is C15H30N2O. The van der Waals surface area contributed by atoms with Gasteiger partial charge in [-0.1, -0.05) is 26.7 Å². The van der Waals surface area contributed by atoms with Crippen LogP contribution in [-0.2, 0) is 0 Å². The maximum Gasteiger partial charge on any atom is 0.0614 e. The van der Waals surface area contributed by atoms with E-state index < -0.39 is 0 Å². The van der Waals surface area contributed by atoms with E-state index in [0.717, 1.165) is 31.8 Å². The average molecular weight is 254 g/mol. The second-order valence-corrected chi connectivity index (χ2v) is 6.76. The van der Waals surface area contributed by atoms with E-state index in [2.05, 4.69) is 24.1 Å². The molecule has 0 spiro atoms. The molecule has 0 unspecified atom stereocenters. The van der Waals surface area contributed by atoms with Crippen molar-refractivity contribution in [1.29, 1.82) is 0 Å². The third kappa shape index (κ3) is 3.69. The van der Waals surface area contributed by atoms with Gasteiger partial charge in [-0.25, -0.2) is 0 Å². The van der Waals surface area contributed by atoms with E-state index >= 15 is 0 Å². The molecule has 3 nitrogen and oxygen atoms in total. The predicted molar refractivity (Wildman–Crippen MR) is 75.7 cm³/mol. The Balaban J connectivity index is 1.82. The van der Waals surface area contributed by atoms with Crippen molar-refractivity contribution in [1.82, 2.24) is 10.2 Å². The molecule has 0 radical (unpaired) electrons. The van der Waals surface area contributed by atoms with E-state index in [1.807, 2.05) is 0 Å². The lowest BCUT2D eigenvalue weighted by atomic mass is 9.87. The molecule has 1 saturated carbocycles. The molecule has 0 atom stereocenters. The van der Waals surface area contributed by atoms with Gasteiger partial charge in [0.25, 0.3) is 0 Å². The summed E-state index contributed by atoms with van der Waals surface area (Å²) in [5, 5.41) is 13.6. The van der Waals surface area contributed by atoms with Gasteiger partial charge in [0.1, 0.15) is 0 Å². The molecule has 0 aromatic carbocycles. The lowest BCUT2D eigenvalue weighted by molar-refractivity contribution is 0.0654. The predicted octanol–water partition coefficient (Wildman–Crippen LogP) is 2.00. The average Bonchev–Trinajstić information content (AvgIpc) is 2.84. The minimum atomic E-state index is 0.0164. The molecule has 106 valence electrons. The molecule has 2 aliphatic rings. The number of nitrogens with zero attached hydrogens (tertiary/aromatic N) is 1. The molecule has 1 aliphatic heterocycles. The van der Waals surface area contributed by atoms with Gasteiger partial charge in [0, 0.05) is 18.1 Å². The van der Waals surface area contributed by atoms with Crippen molar-refractivity contribution in [2.75, 3.05) is 26.2 Å². The Bertz CT molecular complexity index is 241. The highest BCUT2D eigenvalue weighted by Gasteiger charge is 2.36. The summed E-state index contributed by atoms with van der Waals surface area (Å²) in [7, 11) is 0. The first-order valence-corrected chi connectivity index (χ1v) is 7.74. The van der Waals surface area contributed by atoms with Crippen LogP contribution in [0.1, 0.15) is 52.4 Å². The maximum atomic E-state index is 9.79. The number of nitrogens with one attached hydrogen (secondary N) is 1. The summed E-state index contributed by atoms with van der Waals surface area (Å²) < 4.78 is 0. The van der Waals surface area contributed by atoms with Crippen LogP contribution in [0.3, 0.4) is 0 Å². The Morgan fingerprint density at radius 1 is 1.22 bits per heavy atom.